The van der Waals surface area contributed by atoms with Gasteiger partial charge in [0.25, 0.3) is 5.91 Å². The number of carbonyl (C=O) groups is 1. The third-order valence-electron chi connectivity index (χ3n) is 3.75. The van der Waals surface area contributed by atoms with Gasteiger partial charge in [-0.15, -0.1) is 10.2 Å². The Morgan fingerprint density at radius 3 is 2.85 bits per heavy atom. The maximum Gasteiger partial charge on any atom is 0.253 e. The van der Waals surface area contributed by atoms with Crippen LogP contribution in [0.3, 0.4) is 0 Å². The van der Waals surface area contributed by atoms with Crippen molar-refractivity contribution in [1.82, 2.24) is 24.6 Å². The lowest BCUT2D eigenvalue weighted by molar-refractivity contribution is 0.0703. The van der Waals surface area contributed by atoms with E-state index < -0.39 is 0 Å². The molecule has 2 aromatic heterocycles. The van der Waals surface area contributed by atoms with E-state index in [4.69, 9.17) is 0 Å². The van der Waals surface area contributed by atoms with E-state index in [2.05, 4.69) is 15.2 Å². The zero-order valence-corrected chi connectivity index (χ0v) is 11.4. The fraction of sp³-hybridized carbons (Fsp3) is 0.429. The Hall–Kier alpha value is -2.24. The standard InChI is InChI=1S/C14H17N5O/c1-18-10-16-17-13(18)12-3-2-8-19(9-12)14(20)11-4-6-15-7-5-11/h4-7,10,12H,2-3,8-9H2,1H3. The number of likely N-dealkylation sites (tertiary alicyclic amines) is 1. The van der Waals surface area contributed by atoms with Gasteiger partial charge in [-0.1, -0.05) is 0 Å². The van der Waals surface area contributed by atoms with Gasteiger partial charge in [-0.25, -0.2) is 0 Å². The van der Waals surface area contributed by atoms with Crippen molar-refractivity contribution < 1.29 is 4.79 Å². The summed E-state index contributed by atoms with van der Waals surface area (Å²) >= 11 is 0. The lowest BCUT2D eigenvalue weighted by atomic mass is 9.96. The number of hydrogen-bond acceptors (Lipinski definition) is 4. The van der Waals surface area contributed by atoms with E-state index in [1.165, 1.54) is 0 Å². The predicted octanol–water partition coefficient (Wildman–Crippen LogP) is 1.23. The molecule has 0 bridgehead atoms. The second-order valence-corrected chi connectivity index (χ2v) is 5.13. The molecule has 1 aliphatic rings. The van der Waals surface area contributed by atoms with Crippen molar-refractivity contribution in [2.45, 2.75) is 18.8 Å². The molecule has 104 valence electrons. The molecule has 2 aromatic rings. The lowest BCUT2D eigenvalue weighted by Crippen LogP contribution is -2.39. The third-order valence-corrected chi connectivity index (χ3v) is 3.75. The number of amides is 1. The maximum atomic E-state index is 12.5. The summed E-state index contributed by atoms with van der Waals surface area (Å²) in [6, 6.07) is 3.52. The van der Waals surface area contributed by atoms with Crippen LogP contribution in [0.15, 0.2) is 30.9 Å². The predicted molar refractivity (Wildman–Crippen MR) is 73.1 cm³/mol. The number of hydrogen-bond donors (Lipinski definition) is 0. The molecule has 6 nitrogen and oxygen atoms in total. The number of pyridine rings is 1. The third kappa shape index (κ3) is 2.41. The van der Waals surface area contributed by atoms with Gasteiger partial charge in [0, 0.05) is 44.0 Å². The van der Waals surface area contributed by atoms with Crippen molar-refractivity contribution >= 4 is 5.91 Å². The van der Waals surface area contributed by atoms with Gasteiger partial charge >= 0.3 is 0 Å². The smallest absolute Gasteiger partial charge is 0.253 e. The summed E-state index contributed by atoms with van der Waals surface area (Å²) in [5.41, 5.74) is 0.693. The molecule has 3 heterocycles. The minimum Gasteiger partial charge on any atom is -0.338 e. The molecule has 20 heavy (non-hydrogen) atoms. The minimum absolute atomic E-state index is 0.0688. The molecule has 0 radical (unpaired) electrons. The van der Waals surface area contributed by atoms with Crippen LogP contribution < -0.4 is 0 Å². The van der Waals surface area contributed by atoms with Crippen molar-refractivity contribution in [3.63, 3.8) is 0 Å². The first-order chi connectivity index (χ1) is 9.75. The zero-order valence-electron chi connectivity index (χ0n) is 11.4. The highest BCUT2D eigenvalue weighted by Gasteiger charge is 2.27. The average Bonchev–Trinajstić information content (AvgIpc) is 2.94. The quantitative estimate of drug-likeness (QED) is 0.824. The van der Waals surface area contributed by atoms with Crippen molar-refractivity contribution in [2.75, 3.05) is 13.1 Å². The summed E-state index contributed by atoms with van der Waals surface area (Å²) in [6.45, 7) is 1.50. The van der Waals surface area contributed by atoms with Crippen LogP contribution in [0.4, 0.5) is 0 Å². The molecule has 1 saturated heterocycles. The molecule has 1 fully saturated rings. The van der Waals surface area contributed by atoms with Gasteiger partial charge in [-0.3, -0.25) is 9.78 Å². The topological polar surface area (TPSA) is 63.9 Å². The Bertz CT molecular complexity index is 595. The fourth-order valence-corrected chi connectivity index (χ4v) is 2.71. The first kappa shape index (κ1) is 12.8. The van der Waals surface area contributed by atoms with E-state index in [1.807, 2.05) is 16.5 Å². The molecule has 1 unspecified atom stereocenters. The van der Waals surface area contributed by atoms with Gasteiger partial charge in [0.05, 0.1) is 0 Å². The maximum absolute atomic E-state index is 12.5. The number of aryl methyl sites for hydroxylation is 1. The summed E-state index contributed by atoms with van der Waals surface area (Å²) in [6.07, 6.45) is 7.05. The van der Waals surface area contributed by atoms with E-state index in [0.29, 0.717) is 12.1 Å². The van der Waals surface area contributed by atoms with Crippen molar-refractivity contribution in [1.29, 1.82) is 0 Å². The molecule has 0 spiro atoms. The molecule has 0 aromatic carbocycles. The van der Waals surface area contributed by atoms with Crippen LogP contribution in [-0.4, -0.2) is 43.6 Å². The monoisotopic (exact) mass is 271 g/mol. The zero-order chi connectivity index (χ0) is 13.9. The Kier molecular flexibility index (Phi) is 3.45. The Balaban J connectivity index is 1.76. The Labute approximate surface area is 117 Å². The van der Waals surface area contributed by atoms with Gasteiger partial charge in [0.15, 0.2) is 0 Å². The van der Waals surface area contributed by atoms with Crippen molar-refractivity contribution in [3.05, 3.63) is 42.2 Å². The summed E-state index contributed by atoms with van der Waals surface area (Å²) in [4.78, 5) is 18.3. The second kappa shape index (κ2) is 5.40. The average molecular weight is 271 g/mol. The summed E-state index contributed by atoms with van der Waals surface area (Å²) in [5.74, 6) is 1.29. The van der Waals surface area contributed by atoms with Crippen LogP contribution in [0.1, 0.15) is 34.9 Å². The van der Waals surface area contributed by atoms with Gasteiger partial charge in [-0.2, -0.15) is 0 Å². The van der Waals surface area contributed by atoms with Crippen LogP contribution in [0.5, 0.6) is 0 Å². The highest BCUT2D eigenvalue weighted by atomic mass is 16.2. The lowest BCUT2D eigenvalue weighted by Gasteiger charge is -2.32. The molecule has 3 rings (SSSR count). The van der Waals surface area contributed by atoms with Crippen LogP contribution in [-0.2, 0) is 7.05 Å². The van der Waals surface area contributed by atoms with Crippen molar-refractivity contribution in [2.24, 2.45) is 7.05 Å². The molecule has 1 atom stereocenters. The Morgan fingerprint density at radius 2 is 2.15 bits per heavy atom. The largest absolute Gasteiger partial charge is 0.338 e. The van der Waals surface area contributed by atoms with E-state index >= 15 is 0 Å². The van der Waals surface area contributed by atoms with Gasteiger partial charge in [0.1, 0.15) is 12.2 Å². The van der Waals surface area contributed by atoms with E-state index in [-0.39, 0.29) is 11.8 Å². The van der Waals surface area contributed by atoms with Gasteiger partial charge < -0.3 is 9.47 Å². The van der Waals surface area contributed by atoms with Crippen LogP contribution >= 0.6 is 0 Å². The molecule has 0 aliphatic carbocycles. The molecule has 6 heteroatoms. The van der Waals surface area contributed by atoms with Crippen LogP contribution in [0, 0.1) is 0 Å². The number of carbonyl (C=O) groups excluding carboxylic acids is 1. The first-order valence-electron chi connectivity index (χ1n) is 6.79. The first-order valence-corrected chi connectivity index (χ1v) is 6.79. The van der Waals surface area contributed by atoms with Crippen LogP contribution in [0.2, 0.25) is 0 Å². The molecule has 1 aliphatic heterocycles. The number of rotatable bonds is 2. The fourth-order valence-electron chi connectivity index (χ4n) is 2.71. The van der Waals surface area contributed by atoms with E-state index in [9.17, 15) is 4.79 Å². The molecule has 0 N–H and O–H groups in total. The van der Waals surface area contributed by atoms with E-state index in [0.717, 1.165) is 25.2 Å². The number of nitrogens with zero attached hydrogens (tertiary/aromatic N) is 5. The molecular formula is C14H17N5O. The summed E-state index contributed by atoms with van der Waals surface area (Å²) in [7, 11) is 1.94. The summed E-state index contributed by atoms with van der Waals surface area (Å²) < 4.78 is 1.94. The van der Waals surface area contributed by atoms with Gasteiger partial charge in [0.2, 0.25) is 0 Å². The van der Waals surface area contributed by atoms with Gasteiger partial charge in [-0.05, 0) is 25.0 Å². The highest BCUT2D eigenvalue weighted by molar-refractivity contribution is 5.94. The molecular weight excluding hydrogens is 254 g/mol. The van der Waals surface area contributed by atoms with E-state index in [1.54, 1.807) is 30.9 Å². The SMILES string of the molecule is Cn1cnnc1C1CCCN(C(=O)c2ccncc2)C1. The normalized spacial score (nSPS) is 19.1. The highest BCUT2D eigenvalue weighted by Crippen LogP contribution is 2.25. The van der Waals surface area contributed by atoms with Crippen LogP contribution in [0.25, 0.3) is 0 Å². The molecule has 0 saturated carbocycles. The molecule has 1 amide bonds. The second-order valence-electron chi connectivity index (χ2n) is 5.13. The number of aromatic nitrogens is 4. The Morgan fingerprint density at radius 1 is 1.35 bits per heavy atom. The summed E-state index contributed by atoms with van der Waals surface area (Å²) in [5, 5.41) is 8.10. The number of piperidine rings is 1. The minimum atomic E-state index is 0.0688. The van der Waals surface area contributed by atoms with Crippen molar-refractivity contribution in [3.8, 4) is 0 Å².